The second kappa shape index (κ2) is 11.9. The highest BCUT2D eigenvalue weighted by atomic mass is 32.2. The molecule has 1 saturated heterocycles. The Hall–Kier alpha value is -3.31. The van der Waals surface area contributed by atoms with E-state index in [-0.39, 0.29) is 10.8 Å². The van der Waals surface area contributed by atoms with Crippen molar-refractivity contribution in [2.75, 3.05) is 55.1 Å². The number of hydrogen-bond acceptors (Lipinski definition) is 7. The molecule has 1 amide bonds. The van der Waals surface area contributed by atoms with Gasteiger partial charge in [-0.05, 0) is 79.8 Å². The number of carbonyl (C=O) groups is 1. The van der Waals surface area contributed by atoms with E-state index in [2.05, 4.69) is 11.0 Å². The van der Waals surface area contributed by atoms with Gasteiger partial charge in [0.25, 0.3) is 15.9 Å². The number of para-hydroxylation sites is 1. The number of ether oxygens (including phenoxy) is 1. The summed E-state index contributed by atoms with van der Waals surface area (Å²) in [6, 6.07) is 20.1. The van der Waals surface area contributed by atoms with Crippen molar-refractivity contribution in [3.05, 3.63) is 83.4 Å². The number of carbonyl (C=O) groups excluding carboxylic acids is 1. The van der Waals surface area contributed by atoms with Gasteiger partial charge in [0.1, 0.15) is 0 Å². The number of sulfonamides is 1. The second-order valence-corrected chi connectivity index (χ2v) is 13.4. The molecule has 0 aliphatic carbocycles. The Morgan fingerprint density at radius 3 is 2.61 bits per heavy atom. The zero-order valence-corrected chi connectivity index (χ0v) is 24.8. The minimum absolute atomic E-state index is 0.181. The molecular weight excluding hydrogens is 556 g/mol. The van der Waals surface area contributed by atoms with Gasteiger partial charge in [-0.15, -0.1) is 0 Å². The fourth-order valence-electron chi connectivity index (χ4n) is 5.50. The molecule has 0 radical (unpaired) electrons. The van der Waals surface area contributed by atoms with Crippen LogP contribution in [0.15, 0.2) is 71.6 Å². The van der Waals surface area contributed by atoms with E-state index in [1.807, 2.05) is 43.3 Å². The first-order valence-electron chi connectivity index (χ1n) is 14.1. The summed E-state index contributed by atoms with van der Waals surface area (Å²) in [7, 11) is -3.76. The fraction of sp³-hybridized carbons (Fsp3) is 0.355. The monoisotopic (exact) mass is 590 g/mol. The Balaban J connectivity index is 1.25. The average molecular weight is 591 g/mol. The van der Waals surface area contributed by atoms with Gasteiger partial charge >= 0.3 is 0 Å². The van der Waals surface area contributed by atoms with Crippen LogP contribution in [0.5, 0.6) is 0 Å². The molecule has 1 aromatic heterocycles. The van der Waals surface area contributed by atoms with Gasteiger partial charge in [0.15, 0.2) is 5.13 Å². The summed E-state index contributed by atoms with van der Waals surface area (Å²) in [5.41, 5.74) is 4.21. The van der Waals surface area contributed by atoms with Crippen LogP contribution in [0.1, 0.15) is 34.3 Å². The zero-order valence-electron chi connectivity index (χ0n) is 23.2. The number of amides is 1. The first kappa shape index (κ1) is 27.8. The van der Waals surface area contributed by atoms with E-state index in [4.69, 9.17) is 9.72 Å². The highest BCUT2D eigenvalue weighted by molar-refractivity contribution is 7.92. The number of hydrogen-bond donors (Lipinski definition) is 0. The minimum atomic E-state index is -3.76. The summed E-state index contributed by atoms with van der Waals surface area (Å²) in [5, 5.41) is 0.652. The number of aryl methyl sites for hydroxylation is 2. The molecule has 3 aromatic carbocycles. The molecule has 0 atom stereocenters. The summed E-state index contributed by atoms with van der Waals surface area (Å²) >= 11 is 1.51. The summed E-state index contributed by atoms with van der Waals surface area (Å²) in [6.45, 7) is 7.12. The van der Waals surface area contributed by atoms with Gasteiger partial charge in [-0.2, -0.15) is 0 Å². The van der Waals surface area contributed by atoms with Gasteiger partial charge in [-0.1, -0.05) is 35.6 Å². The predicted octanol–water partition coefficient (Wildman–Crippen LogP) is 5.12. The molecule has 0 unspecified atom stereocenters. The van der Waals surface area contributed by atoms with E-state index in [1.165, 1.54) is 15.6 Å². The molecule has 10 heteroatoms. The van der Waals surface area contributed by atoms with Crippen molar-refractivity contribution in [1.82, 2.24) is 9.88 Å². The lowest BCUT2D eigenvalue weighted by Gasteiger charge is -2.30. The Labute approximate surface area is 245 Å². The van der Waals surface area contributed by atoms with Crippen LogP contribution in [0, 0.1) is 6.92 Å². The fourth-order valence-corrected chi connectivity index (χ4v) is 8.13. The molecule has 4 aromatic rings. The summed E-state index contributed by atoms with van der Waals surface area (Å²) < 4.78 is 35.2. The number of thiazole rings is 1. The Kier molecular flexibility index (Phi) is 8.07. The molecule has 6 rings (SSSR count). The van der Waals surface area contributed by atoms with Gasteiger partial charge in [0.2, 0.25) is 0 Å². The van der Waals surface area contributed by atoms with Crippen molar-refractivity contribution in [2.45, 2.75) is 31.1 Å². The molecule has 2 aliphatic rings. The van der Waals surface area contributed by atoms with E-state index >= 15 is 0 Å². The molecule has 3 heterocycles. The van der Waals surface area contributed by atoms with Crippen LogP contribution < -0.4 is 9.21 Å². The molecule has 0 spiro atoms. The number of anilines is 2. The van der Waals surface area contributed by atoms with E-state index in [9.17, 15) is 13.2 Å². The Morgan fingerprint density at radius 1 is 1.02 bits per heavy atom. The van der Waals surface area contributed by atoms with Gasteiger partial charge in [0.05, 0.1) is 34.0 Å². The first-order valence-corrected chi connectivity index (χ1v) is 16.4. The summed E-state index contributed by atoms with van der Waals surface area (Å²) in [4.78, 5) is 23.0. The van der Waals surface area contributed by atoms with Crippen LogP contribution in [0.25, 0.3) is 10.2 Å². The molecule has 2 aliphatic heterocycles. The van der Waals surface area contributed by atoms with Crippen molar-refractivity contribution in [2.24, 2.45) is 0 Å². The van der Waals surface area contributed by atoms with Crippen molar-refractivity contribution < 1.29 is 17.9 Å². The standard InChI is InChI=1S/C31H34N4O4S2/c1-23-9-14-27-29(22-23)40-31(32-27)34(16-5-15-33-18-20-39-21-19-33)30(36)25-10-12-26(13-11-25)41(37,38)35-17-4-7-24-6-2-3-8-28(24)35/h2-3,6,8-14,22H,4-5,7,15-21H2,1H3. The lowest BCUT2D eigenvalue weighted by molar-refractivity contribution is 0.0376. The SMILES string of the molecule is Cc1ccc2nc(N(CCCN3CCOCC3)C(=O)c3ccc(S(=O)(=O)N4CCCc5ccccc54)cc3)sc2c1. The maximum atomic E-state index is 13.9. The van der Waals surface area contributed by atoms with Gasteiger partial charge < -0.3 is 4.74 Å². The molecule has 0 saturated carbocycles. The van der Waals surface area contributed by atoms with Gasteiger partial charge in [-0.25, -0.2) is 13.4 Å². The van der Waals surface area contributed by atoms with Crippen LogP contribution in [-0.4, -0.2) is 70.1 Å². The van der Waals surface area contributed by atoms with Crippen molar-refractivity contribution in [3.63, 3.8) is 0 Å². The molecular formula is C31H34N4O4S2. The quantitative estimate of drug-likeness (QED) is 0.284. The molecule has 214 valence electrons. The van der Waals surface area contributed by atoms with Crippen LogP contribution in [-0.2, 0) is 21.2 Å². The number of nitrogens with zero attached hydrogens (tertiary/aromatic N) is 4. The molecule has 0 bridgehead atoms. The number of rotatable bonds is 8. The van der Waals surface area contributed by atoms with E-state index in [1.54, 1.807) is 29.2 Å². The van der Waals surface area contributed by atoms with Gasteiger partial charge in [-0.3, -0.25) is 18.9 Å². The zero-order chi connectivity index (χ0) is 28.4. The molecule has 0 N–H and O–H groups in total. The Bertz CT molecular complexity index is 1650. The Morgan fingerprint density at radius 2 is 1.80 bits per heavy atom. The number of fused-ring (bicyclic) bond motifs is 2. The maximum absolute atomic E-state index is 13.9. The van der Waals surface area contributed by atoms with Crippen molar-refractivity contribution in [3.8, 4) is 0 Å². The van der Waals surface area contributed by atoms with E-state index in [0.29, 0.717) is 23.8 Å². The number of benzene rings is 3. The van der Waals surface area contributed by atoms with Crippen molar-refractivity contribution >= 4 is 48.3 Å². The van der Waals surface area contributed by atoms with Crippen molar-refractivity contribution in [1.29, 1.82) is 0 Å². The number of morpholine rings is 1. The first-order chi connectivity index (χ1) is 19.9. The predicted molar refractivity (Wildman–Crippen MR) is 164 cm³/mol. The third-order valence-electron chi connectivity index (χ3n) is 7.73. The lowest BCUT2D eigenvalue weighted by Crippen LogP contribution is -2.39. The highest BCUT2D eigenvalue weighted by Gasteiger charge is 2.29. The van der Waals surface area contributed by atoms with Crippen LogP contribution in [0.3, 0.4) is 0 Å². The third-order valence-corrected chi connectivity index (χ3v) is 10.6. The van der Waals surface area contributed by atoms with Crippen LogP contribution in [0.2, 0.25) is 0 Å². The van der Waals surface area contributed by atoms with Gasteiger partial charge in [0, 0.05) is 38.3 Å². The number of aromatic nitrogens is 1. The van der Waals surface area contributed by atoms with Crippen LogP contribution >= 0.6 is 11.3 Å². The molecule has 8 nitrogen and oxygen atoms in total. The largest absolute Gasteiger partial charge is 0.379 e. The van der Waals surface area contributed by atoms with Crippen LogP contribution in [0.4, 0.5) is 10.8 Å². The minimum Gasteiger partial charge on any atom is -0.379 e. The summed E-state index contributed by atoms with van der Waals surface area (Å²) in [6.07, 6.45) is 2.43. The molecule has 1 fully saturated rings. The maximum Gasteiger partial charge on any atom is 0.264 e. The normalized spacial score (nSPS) is 16.1. The lowest BCUT2D eigenvalue weighted by atomic mass is 10.0. The smallest absolute Gasteiger partial charge is 0.264 e. The third kappa shape index (κ3) is 5.88. The second-order valence-electron chi connectivity index (χ2n) is 10.6. The summed E-state index contributed by atoms with van der Waals surface area (Å²) in [5.74, 6) is -0.185. The average Bonchev–Trinajstić information content (AvgIpc) is 3.42. The topological polar surface area (TPSA) is 83.0 Å². The van der Waals surface area contributed by atoms with E-state index < -0.39 is 10.0 Å². The molecule has 41 heavy (non-hydrogen) atoms. The highest BCUT2D eigenvalue weighted by Crippen LogP contribution is 2.33. The van der Waals surface area contributed by atoms with E-state index in [0.717, 1.165) is 79.1 Å².